The molecule has 0 unspecified atom stereocenters. The Morgan fingerprint density at radius 2 is 2.00 bits per heavy atom. The van der Waals surface area contributed by atoms with Crippen LogP contribution in [0.1, 0.15) is 38.1 Å². The third kappa shape index (κ3) is 2.27. The molecule has 1 aromatic heterocycles. The van der Waals surface area contributed by atoms with Crippen LogP contribution in [0.4, 0.5) is 0 Å². The molecule has 2 nitrogen and oxygen atoms in total. The van der Waals surface area contributed by atoms with Crippen molar-refractivity contribution in [3.05, 3.63) is 29.6 Å². The van der Waals surface area contributed by atoms with E-state index in [0.717, 1.165) is 6.42 Å². The van der Waals surface area contributed by atoms with E-state index in [2.05, 4.69) is 44.0 Å². The van der Waals surface area contributed by atoms with Crippen molar-refractivity contribution in [2.24, 2.45) is 0 Å². The largest absolute Gasteiger partial charge is 0.306 e. The first-order valence-corrected chi connectivity index (χ1v) is 6.29. The third-order valence-electron chi connectivity index (χ3n) is 3.88. The lowest BCUT2D eigenvalue weighted by molar-refractivity contribution is 0.196. The van der Waals surface area contributed by atoms with Gasteiger partial charge in [0.1, 0.15) is 0 Å². The smallest absolute Gasteiger partial charge is 0.0466 e. The Morgan fingerprint density at radius 3 is 2.62 bits per heavy atom. The summed E-state index contributed by atoms with van der Waals surface area (Å²) in [5, 5.41) is 0. The number of likely N-dealkylation sites (tertiary alicyclic amines) is 1. The van der Waals surface area contributed by atoms with Crippen molar-refractivity contribution in [1.29, 1.82) is 0 Å². The molecule has 1 aliphatic rings. The van der Waals surface area contributed by atoms with Crippen LogP contribution in [0.2, 0.25) is 0 Å². The number of hydrogen-bond acceptors (Lipinski definition) is 2. The Labute approximate surface area is 98.7 Å². The van der Waals surface area contributed by atoms with E-state index in [-0.39, 0.29) is 5.41 Å². The molecule has 0 amide bonds. The number of aryl methyl sites for hydroxylation is 1. The molecular weight excluding hydrogens is 196 g/mol. The van der Waals surface area contributed by atoms with E-state index in [1.807, 2.05) is 0 Å². The highest BCUT2D eigenvalue weighted by atomic mass is 15.1. The highest BCUT2D eigenvalue weighted by Gasteiger charge is 2.31. The van der Waals surface area contributed by atoms with E-state index >= 15 is 0 Å². The van der Waals surface area contributed by atoms with Gasteiger partial charge in [0.2, 0.25) is 0 Å². The first kappa shape index (κ1) is 11.6. The number of pyridine rings is 1. The van der Waals surface area contributed by atoms with Crippen molar-refractivity contribution in [2.75, 3.05) is 20.1 Å². The Morgan fingerprint density at radius 1 is 1.31 bits per heavy atom. The summed E-state index contributed by atoms with van der Waals surface area (Å²) < 4.78 is 0. The molecule has 0 radical (unpaired) electrons. The van der Waals surface area contributed by atoms with Gasteiger partial charge in [0.15, 0.2) is 0 Å². The van der Waals surface area contributed by atoms with Gasteiger partial charge >= 0.3 is 0 Å². The Balaban J connectivity index is 2.21. The maximum Gasteiger partial charge on any atom is 0.0466 e. The predicted molar refractivity (Wildman–Crippen MR) is 67.7 cm³/mol. The fraction of sp³-hybridized carbons (Fsp3) is 0.643. The zero-order chi connectivity index (χ0) is 11.6. The summed E-state index contributed by atoms with van der Waals surface area (Å²) in [6.45, 7) is 6.91. The molecule has 2 heterocycles. The van der Waals surface area contributed by atoms with Crippen LogP contribution in [-0.4, -0.2) is 30.0 Å². The molecule has 0 aromatic carbocycles. The van der Waals surface area contributed by atoms with Crippen molar-refractivity contribution in [1.82, 2.24) is 9.88 Å². The highest BCUT2D eigenvalue weighted by Crippen LogP contribution is 2.33. The standard InChI is InChI=1S/C14H22N2/c1-4-12-6-5-7-13(15-12)14(2)8-10-16(3)11-9-14/h5-7H,4,8-11H2,1-3H3. The quantitative estimate of drug-likeness (QED) is 0.758. The number of aromatic nitrogens is 1. The first-order valence-electron chi connectivity index (χ1n) is 6.29. The monoisotopic (exact) mass is 218 g/mol. The van der Waals surface area contributed by atoms with Gasteiger partial charge in [-0.3, -0.25) is 4.98 Å². The number of rotatable bonds is 2. The fourth-order valence-electron chi connectivity index (χ4n) is 2.38. The van der Waals surface area contributed by atoms with Crippen molar-refractivity contribution in [2.45, 2.75) is 38.5 Å². The Bertz CT molecular complexity index is 352. The summed E-state index contributed by atoms with van der Waals surface area (Å²) in [5.41, 5.74) is 2.80. The van der Waals surface area contributed by atoms with Gasteiger partial charge < -0.3 is 4.90 Å². The zero-order valence-corrected chi connectivity index (χ0v) is 10.7. The maximum absolute atomic E-state index is 4.79. The van der Waals surface area contributed by atoms with Crippen LogP contribution < -0.4 is 0 Å². The van der Waals surface area contributed by atoms with Crippen molar-refractivity contribution < 1.29 is 0 Å². The summed E-state index contributed by atoms with van der Waals surface area (Å²) in [5.74, 6) is 0. The SMILES string of the molecule is CCc1cccc(C2(C)CCN(C)CC2)n1. The van der Waals surface area contributed by atoms with Crippen molar-refractivity contribution in [3.8, 4) is 0 Å². The summed E-state index contributed by atoms with van der Waals surface area (Å²) in [4.78, 5) is 7.20. The van der Waals surface area contributed by atoms with Gasteiger partial charge in [0, 0.05) is 16.8 Å². The fourth-order valence-corrected chi connectivity index (χ4v) is 2.38. The topological polar surface area (TPSA) is 16.1 Å². The van der Waals surface area contributed by atoms with Crippen LogP contribution in [0, 0.1) is 0 Å². The molecule has 1 aromatic rings. The second kappa shape index (κ2) is 4.54. The van der Waals surface area contributed by atoms with E-state index in [0.29, 0.717) is 0 Å². The Hall–Kier alpha value is -0.890. The van der Waals surface area contributed by atoms with Crippen LogP contribution in [0.5, 0.6) is 0 Å². The average molecular weight is 218 g/mol. The zero-order valence-electron chi connectivity index (χ0n) is 10.7. The van der Waals surface area contributed by atoms with Crippen LogP contribution >= 0.6 is 0 Å². The minimum absolute atomic E-state index is 0.289. The van der Waals surface area contributed by atoms with Gasteiger partial charge in [-0.2, -0.15) is 0 Å². The normalized spacial score (nSPS) is 20.9. The second-order valence-electron chi connectivity index (χ2n) is 5.23. The molecule has 0 saturated carbocycles. The van der Waals surface area contributed by atoms with Gasteiger partial charge in [-0.05, 0) is 51.5 Å². The summed E-state index contributed by atoms with van der Waals surface area (Å²) in [7, 11) is 2.20. The van der Waals surface area contributed by atoms with Crippen molar-refractivity contribution in [3.63, 3.8) is 0 Å². The van der Waals surface area contributed by atoms with Crippen LogP contribution in [-0.2, 0) is 11.8 Å². The van der Waals surface area contributed by atoms with Crippen LogP contribution in [0.15, 0.2) is 18.2 Å². The van der Waals surface area contributed by atoms with E-state index in [1.165, 1.54) is 37.3 Å². The average Bonchev–Trinajstić information content (AvgIpc) is 2.33. The predicted octanol–water partition coefficient (Wildman–Crippen LogP) is 2.63. The number of piperidine rings is 1. The molecule has 1 saturated heterocycles. The molecule has 2 rings (SSSR count). The minimum Gasteiger partial charge on any atom is -0.306 e. The summed E-state index contributed by atoms with van der Waals surface area (Å²) in [6.07, 6.45) is 3.48. The molecule has 1 fully saturated rings. The van der Waals surface area contributed by atoms with Crippen LogP contribution in [0.3, 0.4) is 0 Å². The first-order chi connectivity index (χ1) is 7.64. The van der Waals surface area contributed by atoms with Gasteiger partial charge in [-0.15, -0.1) is 0 Å². The number of hydrogen-bond donors (Lipinski definition) is 0. The van der Waals surface area contributed by atoms with Crippen LogP contribution in [0.25, 0.3) is 0 Å². The molecule has 0 bridgehead atoms. The van der Waals surface area contributed by atoms with Crippen molar-refractivity contribution >= 4 is 0 Å². The third-order valence-corrected chi connectivity index (χ3v) is 3.88. The van der Waals surface area contributed by atoms with Gasteiger partial charge in [0.25, 0.3) is 0 Å². The molecule has 0 atom stereocenters. The lowest BCUT2D eigenvalue weighted by atomic mass is 9.77. The summed E-state index contributed by atoms with van der Waals surface area (Å²) in [6, 6.07) is 6.48. The van der Waals surface area contributed by atoms with E-state index in [4.69, 9.17) is 4.98 Å². The Kier molecular flexibility index (Phi) is 3.29. The van der Waals surface area contributed by atoms with Gasteiger partial charge in [-0.1, -0.05) is 19.9 Å². The lowest BCUT2D eigenvalue weighted by Crippen LogP contribution is -2.39. The molecule has 0 aliphatic carbocycles. The second-order valence-corrected chi connectivity index (χ2v) is 5.23. The molecule has 16 heavy (non-hydrogen) atoms. The van der Waals surface area contributed by atoms with E-state index in [9.17, 15) is 0 Å². The van der Waals surface area contributed by atoms with E-state index in [1.54, 1.807) is 0 Å². The molecule has 88 valence electrons. The molecule has 0 spiro atoms. The highest BCUT2D eigenvalue weighted by molar-refractivity contribution is 5.20. The summed E-state index contributed by atoms with van der Waals surface area (Å²) >= 11 is 0. The molecule has 2 heteroatoms. The maximum atomic E-state index is 4.79. The lowest BCUT2D eigenvalue weighted by Gasteiger charge is -2.37. The molecule has 1 aliphatic heterocycles. The minimum atomic E-state index is 0.289. The molecule has 0 N–H and O–H groups in total. The van der Waals surface area contributed by atoms with E-state index < -0.39 is 0 Å². The molecular formula is C14H22N2. The number of nitrogens with zero attached hydrogens (tertiary/aromatic N) is 2. The van der Waals surface area contributed by atoms with Gasteiger partial charge in [-0.25, -0.2) is 0 Å². The van der Waals surface area contributed by atoms with Gasteiger partial charge in [0.05, 0.1) is 0 Å².